The number of carbonyl (C=O) groups excluding carboxylic acids is 1. The van der Waals surface area contributed by atoms with Crippen molar-refractivity contribution in [1.29, 1.82) is 0 Å². The molecule has 0 saturated heterocycles. The van der Waals surface area contributed by atoms with Gasteiger partial charge in [-0.15, -0.1) is 0 Å². The standard InChI is InChI=1S/C16H13F6NO2/c1-9-3-4-13(25-9)8-23(2)14(24)10-5-11(15(17,18)19)7-12(6-10)16(20,21)22/h3-7H,8H2,1-2H3. The van der Waals surface area contributed by atoms with Crippen LogP contribution in [0.4, 0.5) is 26.3 Å². The Bertz CT molecular complexity index is 743. The maximum atomic E-state index is 12.8. The number of carbonyl (C=O) groups is 1. The summed E-state index contributed by atoms with van der Waals surface area (Å²) in [7, 11) is 1.26. The Balaban J connectivity index is 2.37. The third kappa shape index (κ3) is 4.55. The van der Waals surface area contributed by atoms with Crippen molar-refractivity contribution < 1.29 is 35.6 Å². The first-order valence-corrected chi connectivity index (χ1v) is 6.98. The largest absolute Gasteiger partial charge is 0.464 e. The third-order valence-corrected chi connectivity index (χ3v) is 3.37. The van der Waals surface area contributed by atoms with Crippen LogP contribution in [0.15, 0.2) is 34.7 Å². The summed E-state index contributed by atoms with van der Waals surface area (Å²) in [5, 5.41) is 0. The highest BCUT2D eigenvalue weighted by Crippen LogP contribution is 2.36. The van der Waals surface area contributed by atoms with Crippen molar-refractivity contribution in [1.82, 2.24) is 4.90 Å². The fourth-order valence-electron chi connectivity index (χ4n) is 2.17. The van der Waals surface area contributed by atoms with E-state index >= 15 is 0 Å². The highest BCUT2D eigenvalue weighted by Gasteiger charge is 2.37. The van der Waals surface area contributed by atoms with E-state index in [2.05, 4.69) is 0 Å². The number of amides is 1. The van der Waals surface area contributed by atoms with Gasteiger partial charge in [0.2, 0.25) is 0 Å². The molecule has 0 unspecified atom stereocenters. The molecule has 0 spiro atoms. The van der Waals surface area contributed by atoms with Gasteiger partial charge in [0.25, 0.3) is 5.91 Å². The van der Waals surface area contributed by atoms with Gasteiger partial charge in [0, 0.05) is 12.6 Å². The van der Waals surface area contributed by atoms with Crippen LogP contribution in [0, 0.1) is 6.92 Å². The number of halogens is 6. The molecule has 0 N–H and O–H groups in total. The van der Waals surface area contributed by atoms with Gasteiger partial charge in [0.15, 0.2) is 0 Å². The lowest BCUT2D eigenvalue weighted by molar-refractivity contribution is -0.143. The van der Waals surface area contributed by atoms with E-state index in [9.17, 15) is 31.1 Å². The molecule has 25 heavy (non-hydrogen) atoms. The van der Waals surface area contributed by atoms with E-state index in [1.165, 1.54) is 7.05 Å². The van der Waals surface area contributed by atoms with Gasteiger partial charge < -0.3 is 9.32 Å². The maximum Gasteiger partial charge on any atom is 0.416 e. The number of aryl methyl sites for hydroxylation is 1. The van der Waals surface area contributed by atoms with Crippen LogP contribution in [0.25, 0.3) is 0 Å². The smallest absolute Gasteiger partial charge is 0.416 e. The molecular weight excluding hydrogens is 352 g/mol. The Kier molecular flexibility index (Phi) is 4.87. The number of furan rings is 1. The third-order valence-electron chi connectivity index (χ3n) is 3.37. The average molecular weight is 365 g/mol. The summed E-state index contributed by atoms with van der Waals surface area (Å²) in [6.45, 7) is 1.57. The van der Waals surface area contributed by atoms with Gasteiger partial charge in [-0.3, -0.25) is 4.79 Å². The van der Waals surface area contributed by atoms with Crippen LogP contribution in [0.1, 0.15) is 33.0 Å². The summed E-state index contributed by atoms with van der Waals surface area (Å²) in [5.74, 6) is -0.0590. The highest BCUT2D eigenvalue weighted by molar-refractivity contribution is 5.94. The van der Waals surface area contributed by atoms with E-state index in [0.717, 1.165) is 4.90 Å². The monoisotopic (exact) mass is 365 g/mol. The zero-order valence-electron chi connectivity index (χ0n) is 13.1. The minimum Gasteiger partial charge on any atom is -0.464 e. The second kappa shape index (κ2) is 6.45. The molecule has 0 atom stereocenters. The Hall–Kier alpha value is -2.45. The number of nitrogens with zero attached hydrogens (tertiary/aromatic N) is 1. The lowest BCUT2D eigenvalue weighted by atomic mass is 10.0. The lowest BCUT2D eigenvalue weighted by Gasteiger charge is -2.18. The zero-order chi connectivity index (χ0) is 19.0. The van der Waals surface area contributed by atoms with Crippen LogP contribution in [0.3, 0.4) is 0 Å². The first-order chi connectivity index (χ1) is 11.4. The molecule has 1 heterocycles. The first kappa shape index (κ1) is 18.9. The van der Waals surface area contributed by atoms with Gasteiger partial charge in [-0.05, 0) is 37.3 Å². The molecule has 1 aromatic heterocycles. The summed E-state index contributed by atoms with van der Waals surface area (Å²) < 4.78 is 82.3. The summed E-state index contributed by atoms with van der Waals surface area (Å²) in [6.07, 6.45) is -10.0. The van der Waals surface area contributed by atoms with Crippen molar-refractivity contribution in [2.45, 2.75) is 25.8 Å². The molecule has 0 aliphatic rings. The van der Waals surface area contributed by atoms with Crippen LogP contribution in [0.2, 0.25) is 0 Å². The summed E-state index contributed by atoms with van der Waals surface area (Å²) in [4.78, 5) is 13.2. The van der Waals surface area contributed by atoms with Gasteiger partial charge in [-0.25, -0.2) is 0 Å². The molecule has 2 aromatic rings. The predicted molar refractivity (Wildman–Crippen MR) is 75.7 cm³/mol. The summed E-state index contributed by atoms with van der Waals surface area (Å²) >= 11 is 0. The van der Waals surface area contributed by atoms with E-state index in [1.54, 1.807) is 19.1 Å². The second-order valence-corrected chi connectivity index (χ2v) is 5.47. The van der Waals surface area contributed by atoms with Gasteiger partial charge in [0.1, 0.15) is 11.5 Å². The molecule has 0 radical (unpaired) electrons. The van der Waals surface area contributed by atoms with Crippen molar-refractivity contribution in [3.8, 4) is 0 Å². The van der Waals surface area contributed by atoms with E-state index < -0.39 is 35.0 Å². The minimum absolute atomic E-state index is 0.0212. The minimum atomic E-state index is -5.01. The molecule has 1 amide bonds. The molecule has 0 fully saturated rings. The average Bonchev–Trinajstić information content (AvgIpc) is 2.89. The van der Waals surface area contributed by atoms with Crippen LogP contribution in [0.5, 0.6) is 0 Å². The van der Waals surface area contributed by atoms with Gasteiger partial charge in [-0.2, -0.15) is 26.3 Å². The molecule has 2 rings (SSSR count). The maximum absolute atomic E-state index is 12.8. The van der Waals surface area contributed by atoms with E-state index in [-0.39, 0.29) is 12.6 Å². The molecule has 136 valence electrons. The summed E-state index contributed by atoms with van der Waals surface area (Å²) in [6, 6.07) is 3.97. The van der Waals surface area contributed by atoms with Crippen LogP contribution in [-0.2, 0) is 18.9 Å². The lowest BCUT2D eigenvalue weighted by Crippen LogP contribution is -2.27. The number of benzene rings is 1. The molecule has 0 aliphatic heterocycles. The Labute approximate surface area is 138 Å². The molecule has 1 aromatic carbocycles. The van der Waals surface area contributed by atoms with E-state index in [4.69, 9.17) is 4.42 Å². The first-order valence-electron chi connectivity index (χ1n) is 6.98. The normalized spacial score (nSPS) is 12.3. The Morgan fingerprint density at radius 2 is 1.52 bits per heavy atom. The van der Waals surface area contributed by atoms with Gasteiger partial charge >= 0.3 is 12.4 Å². The fourth-order valence-corrected chi connectivity index (χ4v) is 2.17. The Morgan fingerprint density at radius 1 is 1.00 bits per heavy atom. The van der Waals surface area contributed by atoms with E-state index in [1.807, 2.05) is 0 Å². The van der Waals surface area contributed by atoms with Crippen molar-refractivity contribution in [2.24, 2.45) is 0 Å². The molecule has 3 nitrogen and oxygen atoms in total. The van der Waals surface area contributed by atoms with E-state index in [0.29, 0.717) is 23.7 Å². The number of alkyl halides is 6. The van der Waals surface area contributed by atoms with Gasteiger partial charge in [0.05, 0.1) is 17.7 Å². The van der Waals surface area contributed by atoms with Gasteiger partial charge in [-0.1, -0.05) is 0 Å². The highest BCUT2D eigenvalue weighted by atomic mass is 19.4. The van der Waals surface area contributed by atoms with Crippen molar-refractivity contribution in [3.05, 3.63) is 58.5 Å². The zero-order valence-corrected chi connectivity index (χ0v) is 13.1. The SMILES string of the molecule is Cc1ccc(CN(C)C(=O)c2cc(C(F)(F)F)cc(C(F)(F)F)c2)o1. The predicted octanol–water partition coefficient (Wildman–Crippen LogP) is 4.90. The molecule has 0 bridgehead atoms. The quantitative estimate of drug-likeness (QED) is 0.725. The van der Waals surface area contributed by atoms with Crippen LogP contribution in [-0.4, -0.2) is 17.9 Å². The van der Waals surface area contributed by atoms with Crippen molar-refractivity contribution >= 4 is 5.91 Å². The summed E-state index contributed by atoms with van der Waals surface area (Å²) in [5.41, 5.74) is -3.77. The molecule has 0 aliphatic carbocycles. The van der Waals surface area contributed by atoms with Crippen LogP contribution < -0.4 is 0 Å². The van der Waals surface area contributed by atoms with Crippen LogP contribution >= 0.6 is 0 Å². The number of hydrogen-bond acceptors (Lipinski definition) is 2. The molecular formula is C16H13F6NO2. The Morgan fingerprint density at radius 3 is 1.92 bits per heavy atom. The topological polar surface area (TPSA) is 33.5 Å². The molecule has 9 heteroatoms. The second-order valence-electron chi connectivity index (χ2n) is 5.47. The number of rotatable bonds is 3. The number of hydrogen-bond donors (Lipinski definition) is 0. The fraction of sp³-hybridized carbons (Fsp3) is 0.312. The van der Waals surface area contributed by atoms with Crippen molar-refractivity contribution in [3.63, 3.8) is 0 Å². The molecule has 0 saturated carbocycles. The van der Waals surface area contributed by atoms with Crippen molar-refractivity contribution in [2.75, 3.05) is 7.05 Å².